The molecule has 4 heteroatoms. The molecule has 0 aromatic rings. The molecular weight excluding hydrogens is 240 g/mol. The molecule has 0 bridgehead atoms. The van der Waals surface area contributed by atoms with Gasteiger partial charge in [0, 0.05) is 19.6 Å². The third-order valence-electron chi connectivity index (χ3n) is 4.67. The number of amides is 1. The fourth-order valence-electron chi connectivity index (χ4n) is 3.21. The monoisotopic (exact) mass is 268 g/mol. The van der Waals surface area contributed by atoms with Crippen LogP contribution >= 0.6 is 0 Å². The Morgan fingerprint density at radius 3 is 2.42 bits per heavy atom. The number of nitrogens with zero attached hydrogens (tertiary/aromatic N) is 2. The molecule has 2 heterocycles. The van der Waals surface area contributed by atoms with Crippen LogP contribution in [0.5, 0.6) is 0 Å². The van der Waals surface area contributed by atoms with Crippen molar-refractivity contribution in [3.8, 4) is 0 Å². The average molecular weight is 268 g/mol. The molecule has 0 saturated carbocycles. The predicted molar refractivity (Wildman–Crippen MR) is 75.9 cm³/mol. The lowest BCUT2D eigenvalue weighted by Crippen LogP contribution is -2.49. The Labute approximate surface area is 116 Å². The summed E-state index contributed by atoms with van der Waals surface area (Å²) in [6.45, 7) is 7.54. The third kappa shape index (κ3) is 3.93. The number of rotatable bonds is 2. The largest absolute Gasteiger partial charge is 0.390 e. The molecule has 2 fully saturated rings. The molecule has 0 spiro atoms. The molecule has 2 rings (SSSR count). The van der Waals surface area contributed by atoms with E-state index in [0.717, 1.165) is 58.3 Å². The molecule has 19 heavy (non-hydrogen) atoms. The van der Waals surface area contributed by atoms with Crippen LogP contribution in [-0.2, 0) is 4.79 Å². The summed E-state index contributed by atoms with van der Waals surface area (Å²) in [5, 5.41) is 10.1. The number of hydrogen-bond acceptors (Lipinski definition) is 3. The van der Waals surface area contributed by atoms with Gasteiger partial charge in [0.1, 0.15) is 0 Å². The Morgan fingerprint density at radius 2 is 1.74 bits per heavy atom. The zero-order valence-corrected chi connectivity index (χ0v) is 12.4. The van der Waals surface area contributed by atoms with Crippen molar-refractivity contribution in [2.24, 2.45) is 0 Å². The summed E-state index contributed by atoms with van der Waals surface area (Å²) in [7, 11) is 0. The molecule has 0 aromatic carbocycles. The highest BCUT2D eigenvalue weighted by molar-refractivity contribution is 5.81. The molecule has 0 aliphatic carbocycles. The molecule has 0 aromatic heterocycles. The maximum absolute atomic E-state index is 12.5. The van der Waals surface area contributed by atoms with Crippen molar-refractivity contribution < 1.29 is 9.90 Å². The lowest BCUT2D eigenvalue weighted by molar-refractivity contribution is -0.137. The summed E-state index contributed by atoms with van der Waals surface area (Å²) >= 11 is 0. The third-order valence-corrected chi connectivity index (χ3v) is 4.67. The molecule has 1 amide bonds. The minimum Gasteiger partial charge on any atom is -0.390 e. The second kappa shape index (κ2) is 6.23. The number of piperidine rings is 1. The van der Waals surface area contributed by atoms with Gasteiger partial charge in [-0.25, -0.2) is 0 Å². The Morgan fingerprint density at radius 1 is 1.05 bits per heavy atom. The van der Waals surface area contributed by atoms with Gasteiger partial charge in [-0.2, -0.15) is 0 Å². The first-order valence-corrected chi connectivity index (χ1v) is 7.75. The zero-order valence-electron chi connectivity index (χ0n) is 12.4. The van der Waals surface area contributed by atoms with E-state index in [4.69, 9.17) is 0 Å². The number of carbonyl (C=O) groups excluding carboxylic acids is 1. The Hall–Kier alpha value is -0.610. The minimum atomic E-state index is -0.553. The normalized spacial score (nSPS) is 31.8. The number of aliphatic hydroxyl groups is 1. The molecule has 2 unspecified atom stereocenters. The van der Waals surface area contributed by atoms with Crippen molar-refractivity contribution in [1.29, 1.82) is 0 Å². The molecule has 1 N–H and O–H groups in total. The molecule has 2 aliphatic rings. The van der Waals surface area contributed by atoms with E-state index in [1.165, 1.54) is 6.42 Å². The summed E-state index contributed by atoms with van der Waals surface area (Å²) in [5.41, 5.74) is -0.553. The van der Waals surface area contributed by atoms with Crippen molar-refractivity contribution >= 4 is 5.91 Å². The van der Waals surface area contributed by atoms with Gasteiger partial charge in [0.2, 0.25) is 5.91 Å². The zero-order chi connectivity index (χ0) is 13.9. The van der Waals surface area contributed by atoms with Gasteiger partial charge in [-0.3, -0.25) is 9.69 Å². The molecule has 2 atom stereocenters. The van der Waals surface area contributed by atoms with Crippen LogP contribution in [0.15, 0.2) is 0 Å². The van der Waals surface area contributed by atoms with Gasteiger partial charge in [0.25, 0.3) is 0 Å². The van der Waals surface area contributed by atoms with Crippen LogP contribution in [0.2, 0.25) is 0 Å². The first-order chi connectivity index (χ1) is 8.99. The van der Waals surface area contributed by atoms with Gasteiger partial charge < -0.3 is 10.0 Å². The highest BCUT2D eigenvalue weighted by Gasteiger charge is 2.31. The van der Waals surface area contributed by atoms with Gasteiger partial charge in [-0.15, -0.1) is 0 Å². The van der Waals surface area contributed by atoms with Crippen LogP contribution in [0.25, 0.3) is 0 Å². The van der Waals surface area contributed by atoms with Gasteiger partial charge in [-0.05, 0) is 58.9 Å². The van der Waals surface area contributed by atoms with Crippen LogP contribution < -0.4 is 0 Å². The molecule has 2 aliphatic heterocycles. The van der Waals surface area contributed by atoms with Crippen LogP contribution in [0.4, 0.5) is 0 Å². The predicted octanol–water partition coefficient (Wildman–Crippen LogP) is 1.62. The SMILES string of the molecule is CC(C(=O)N1CCCCC1)N1CCCC(C)(O)CC1. The van der Waals surface area contributed by atoms with Gasteiger partial charge in [0.15, 0.2) is 0 Å². The summed E-state index contributed by atoms with van der Waals surface area (Å²) in [6, 6.07) is -0.0352. The van der Waals surface area contributed by atoms with Crippen LogP contribution in [0.3, 0.4) is 0 Å². The van der Waals surface area contributed by atoms with E-state index in [1.54, 1.807) is 0 Å². The second-order valence-electron chi connectivity index (χ2n) is 6.45. The fourth-order valence-corrected chi connectivity index (χ4v) is 3.21. The van der Waals surface area contributed by atoms with Gasteiger partial charge >= 0.3 is 0 Å². The number of carbonyl (C=O) groups is 1. The molecule has 4 nitrogen and oxygen atoms in total. The minimum absolute atomic E-state index is 0.0352. The summed E-state index contributed by atoms with van der Waals surface area (Å²) in [6.07, 6.45) is 6.13. The highest BCUT2D eigenvalue weighted by atomic mass is 16.3. The summed E-state index contributed by atoms with van der Waals surface area (Å²) in [4.78, 5) is 16.8. The van der Waals surface area contributed by atoms with Crippen LogP contribution in [-0.4, -0.2) is 58.6 Å². The first-order valence-electron chi connectivity index (χ1n) is 7.75. The van der Waals surface area contributed by atoms with Crippen molar-refractivity contribution in [1.82, 2.24) is 9.80 Å². The van der Waals surface area contributed by atoms with E-state index in [9.17, 15) is 9.90 Å². The van der Waals surface area contributed by atoms with E-state index in [1.807, 2.05) is 18.7 Å². The summed E-state index contributed by atoms with van der Waals surface area (Å²) < 4.78 is 0. The van der Waals surface area contributed by atoms with Crippen molar-refractivity contribution in [3.63, 3.8) is 0 Å². The van der Waals surface area contributed by atoms with Crippen molar-refractivity contribution in [2.75, 3.05) is 26.2 Å². The van der Waals surface area contributed by atoms with Crippen LogP contribution in [0, 0.1) is 0 Å². The summed E-state index contributed by atoms with van der Waals surface area (Å²) in [5.74, 6) is 0.279. The van der Waals surface area contributed by atoms with E-state index >= 15 is 0 Å². The van der Waals surface area contributed by atoms with Gasteiger partial charge in [0.05, 0.1) is 11.6 Å². The lowest BCUT2D eigenvalue weighted by atomic mass is 9.98. The number of likely N-dealkylation sites (tertiary alicyclic amines) is 2. The van der Waals surface area contributed by atoms with Crippen molar-refractivity contribution in [3.05, 3.63) is 0 Å². The number of hydrogen-bond donors (Lipinski definition) is 1. The van der Waals surface area contributed by atoms with Gasteiger partial charge in [-0.1, -0.05) is 0 Å². The Bertz CT molecular complexity index is 311. The fraction of sp³-hybridized carbons (Fsp3) is 0.933. The lowest BCUT2D eigenvalue weighted by Gasteiger charge is -2.34. The van der Waals surface area contributed by atoms with E-state index in [2.05, 4.69) is 4.90 Å². The Kier molecular flexibility index (Phi) is 4.85. The highest BCUT2D eigenvalue weighted by Crippen LogP contribution is 2.23. The quantitative estimate of drug-likeness (QED) is 0.828. The van der Waals surface area contributed by atoms with E-state index < -0.39 is 5.60 Å². The second-order valence-corrected chi connectivity index (χ2v) is 6.45. The first kappa shape index (κ1) is 14.8. The van der Waals surface area contributed by atoms with E-state index in [-0.39, 0.29) is 11.9 Å². The average Bonchev–Trinajstić information content (AvgIpc) is 2.59. The maximum Gasteiger partial charge on any atom is 0.239 e. The van der Waals surface area contributed by atoms with E-state index in [0.29, 0.717) is 0 Å². The smallest absolute Gasteiger partial charge is 0.239 e. The molecule has 110 valence electrons. The topological polar surface area (TPSA) is 43.8 Å². The molecule has 0 radical (unpaired) electrons. The van der Waals surface area contributed by atoms with Crippen LogP contribution in [0.1, 0.15) is 52.4 Å². The standard InChI is InChI=1S/C15H28N2O2/c1-13(14(18)17-9-4-3-5-10-17)16-11-6-7-15(2,19)8-12-16/h13,19H,3-12H2,1-2H3. The maximum atomic E-state index is 12.5. The van der Waals surface area contributed by atoms with Crippen molar-refractivity contribution in [2.45, 2.75) is 64.0 Å². The molecular formula is C15H28N2O2. The Balaban J connectivity index is 1.91. The molecule has 2 saturated heterocycles.